The van der Waals surface area contributed by atoms with Gasteiger partial charge in [-0.15, -0.1) is 12.4 Å². The highest BCUT2D eigenvalue weighted by Gasteiger charge is 2.31. The van der Waals surface area contributed by atoms with E-state index in [1.165, 1.54) is 31.4 Å². The summed E-state index contributed by atoms with van der Waals surface area (Å²) >= 11 is 0. The molecule has 0 spiro atoms. The average molecular weight is 407 g/mol. The molecule has 0 N–H and O–H groups in total. The SMILES string of the molecule is CCC(=O)CN1CCN(c2ccccc2C2CCC(C(C)(C)C)CC2)CC1.Cl. The van der Waals surface area contributed by atoms with E-state index in [9.17, 15) is 4.79 Å². The molecule has 1 heterocycles. The maximum atomic E-state index is 11.7. The summed E-state index contributed by atoms with van der Waals surface area (Å²) in [6.07, 6.45) is 6.01. The Hall–Kier alpha value is -1.06. The monoisotopic (exact) mass is 406 g/mol. The zero-order valence-electron chi connectivity index (χ0n) is 18.2. The van der Waals surface area contributed by atoms with E-state index in [0.717, 1.165) is 32.1 Å². The van der Waals surface area contributed by atoms with Crippen molar-refractivity contribution < 1.29 is 4.79 Å². The first-order chi connectivity index (χ1) is 12.9. The minimum Gasteiger partial charge on any atom is -0.369 e. The van der Waals surface area contributed by atoms with Crippen LogP contribution in [0.5, 0.6) is 0 Å². The number of ketones is 1. The molecule has 3 nitrogen and oxygen atoms in total. The standard InChI is InChI=1S/C24H38N2O.ClH/c1-5-21(27)18-25-14-16-26(17-15-25)23-9-7-6-8-22(23)19-10-12-20(13-11-19)24(2,3)4;/h6-9,19-20H,5,10-18H2,1-4H3;1H. The molecule has 1 aromatic carbocycles. The predicted octanol–water partition coefficient (Wildman–Crippen LogP) is 5.53. The van der Waals surface area contributed by atoms with Gasteiger partial charge in [-0.2, -0.15) is 0 Å². The van der Waals surface area contributed by atoms with Crippen molar-refractivity contribution in [2.24, 2.45) is 11.3 Å². The average Bonchev–Trinajstić information content (AvgIpc) is 2.68. The molecular weight excluding hydrogens is 368 g/mol. The van der Waals surface area contributed by atoms with Crippen molar-refractivity contribution in [1.29, 1.82) is 0 Å². The van der Waals surface area contributed by atoms with E-state index >= 15 is 0 Å². The van der Waals surface area contributed by atoms with Gasteiger partial charge < -0.3 is 4.90 Å². The fraction of sp³-hybridized carbons (Fsp3) is 0.708. The molecule has 0 radical (unpaired) electrons. The summed E-state index contributed by atoms with van der Waals surface area (Å²) in [5.41, 5.74) is 3.44. The van der Waals surface area contributed by atoms with E-state index in [1.54, 1.807) is 5.56 Å². The molecule has 0 unspecified atom stereocenters. The van der Waals surface area contributed by atoms with E-state index < -0.39 is 0 Å². The largest absolute Gasteiger partial charge is 0.369 e. The lowest BCUT2D eigenvalue weighted by molar-refractivity contribution is -0.119. The molecule has 1 saturated heterocycles. The van der Waals surface area contributed by atoms with Gasteiger partial charge in [0.25, 0.3) is 0 Å². The molecule has 3 rings (SSSR count). The molecule has 0 atom stereocenters. The maximum absolute atomic E-state index is 11.7. The Labute approximate surface area is 178 Å². The van der Waals surface area contributed by atoms with Crippen molar-refractivity contribution in [3.8, 4) is 0 Å². The molecule has 0 bridgehead atoms. The number of benzene rings is 1. The van der Waals surface area contributed by atoms with Crippen LogP contribution in [0.1, 0.15) is 71.3 Å². The summed E-state index contributed by atoms with van der Waals surface area (Å²) in [6, 6.07) is 9.08. The first-order valence-electron chi connectivity index (χ1n) is 11.0. The molecule has 1 aliphatic carbocycles. The maximum Gasteiger partial charge on any atom is 0.146 e. The highest BCUT2D eigenvalue weighted by atomic mass is 35.5. The van der Waals surface area contributed by atoms with Gasteiger partial charge in [0.05, 0.1) is 6.54 Å². The quantitative estimate of drug-likeness (QED) is 0.642. The second kappa shape index (κ2) is 10.1. The summed E-state index contributed by atoms with van der Waals surface area (Å²) in [6.45, 7) is 13.8. The Bertz CT molecular complexity index is 624. The topological polar surface area (TPSA) is 23.6 Å². The van der Waals surface area contributed by atoms with Gasteiger partial charge in [0.2, 0.25) is 0 Å². The van der Waals surface area contributed by atoms with Crippen LogP contribution in [0.15, 0.2) is 24.3 Å². The third-order valence-corrected chi connectivity index (χ3v) is 6.84. The molecule has 1 aliphatic heterocycles. The number of piperazine rings is 1. The van der Waals surface area contributed by atoms with Crippen LogP contribution in [0, 0.1) is 11.3 Å². The molecule has 0 aromatic heterocycles. The van der Waals surface area contributed by atoms with E-state index in [4.69, 9.17) is 0 Å². The zero-order chi connectivity index (χ0) is 19.4. The number of Topliss-reactive ketones (excluding diaryl/α,β-unsaturated/α-hetero) is 1. The lowest BCUT2D eigenvalue weighted by Crippen LogP contribution is -2.48. The molecule has 4 heteroatoms. The molecule has 158 valence electrons. The van der Waals surface area contributed by atoms with Gasteiger partial charge in [0.1, 0.15) is 5.78 Å². The molecule has 28 heavy (non-hydrogen) atoms. The molecule has 1 saturated carbocycles. The first-order valence-corrected chi connectivity index (χ1v) is 11.0. The lowest BCUT2D eigenvalue weighted by atomic mass is 9.68. The fourth-order valence-electron chi connectivity index (χ4n) is 4.90. The van der Waals surface area contributed by atoms with Crippen LogP contribution in [0.25, 0.3) is 0 Å². The van der Waals surface area contributed by atoms with Crippen molar-refractivity contribution in [2.45, 2.75) is 65.7 Å². The second-order valence-corrected chi connectivity index (χ2v) is 9.63. The summed E-state index contributed by atoms with van der Waals surface area (Å²) < 4.78 is 0. The summed E-state index contributed by atoms with van der Waals surface area (Å²) in [5.74, 6) is 1.93. The Morgan fingerprint density at radius 1 is 1.00 bits per heavy atom. The Balaban J connectivity index is 0.00000280. The number of para-hydroxylation sites is 1. The van der Waals surface area contributed by atoms with E-state index in [2.05, 4.69) is 54.8 Å². The van der Waals surface area contributed by atoms with Crippen molar-refractivity contribution >= 4 is 23.9 Å². The van der Waals surface area contributed by atoms with Gasteiger partial charge >= 0.3 is 0 Å². The number of hydrogen-bond acceptors (Lipinski definition) is 3. The molecule has 1 aromatic rings. The lowest BCUT2D eigenvalue weighted by Gasteiger charge is -2.40. The summed E-state index contributed by atoms with van der Waals surface area (Å²) in [7, 11) is 0. The van der Waals surface area contributed by atoms with Crippen LogP contribution in [0.4, 0.5) is 5.69 Å². The number of carbonyl (C=O) groups excluding carboxylic acids is 1. The number of rotatable bonds is 5. The van der Waals surface area contributed by atoms with Crippen LogP contribution >= 0.6 is 12.4 Å². The van der Waals surface area contributed by atoms with Crippen LogP contribution < -0.4 is 4.90 Å². The number of hydrogen-bond donors (Lipinski definition) is 0. The number of halogens is 1. The molecule has 2 aliphatic rings. The second-order valence-electron chi connectivity index (χ2n) is 9.63. The zero-order valence-corrected chi connectivity index (χ0v) is 19.1. The van der Waals surface area contributed by atoms with Crippen LogP contribution in [0.2, 0.25) is 0 Å². The Kier molecular flexibility index (Phi) is 8.39. The highest BCUT2D eigenvalue weighted by molar-refractivity contribution is 5.85. The third-order valence-electron chi connectivity index (χ3n) is 6.84. The smallest absolute Gasteiger partial charge is 0.146 e. The Morgan fingerprint density at radius 3 is 2.18 bits per heavy atom. The molecule has 0 amide bonds. The normalized spacial score (nSPS) is 23.9. The number of carbonyl (C=O) groups is 1. The van der Waals surface area contributed by atoms with E-state index in [0.29, 0.717) is 30.1 Å². The molecule has 2 fully saturated rings. The van der Waals surface area contributed by atoms with E-state index in [1.807, 2.05) is 6.92 Å². The van der Waals surface area contributed by atoms with Gasteiger partial charge in [-0.05, 0) is 54.6 Å². The van der Waals surface area contributed by atoms with Crippen molar-refractivity contribution in [3.63, 3.8) is 0 Å². The van der Waals surface area contributed by atoms with Crippen LogP contribution in [-0.4, -0.2) is 43.4 Å². The minimum absolute atomic E-state index is 0. The van der Waals surface area contributed by atoms with Gasteiger partial charge in [0, 0.05) is 38.3 Å². The summed E-state index contributed by atoms with van der Waals surface area (Å²) in [4.78, 5) is 16.6. The van der Waals surface area contributed by atoms with Crippen molar-refractivity contribution in [2.75, 3.05) is 37.6 Å². The molecular formula is C24H39ClN2O. The van der Waals surface area contributed by atoms with Crippen molar-refractivity contribution in [1.82, 2.24) is 4.90 Å². The highest BCUT2D eigenvalue weighted by Crippen LogP contribution is 2.45. The van der Waals surface area contributed by atoms with E-state index in [-0.39, 0.29) is 12.4 Å². The van der Waals surface area contributed by atoms with Gasteiger partial charge in [-0.3, -0.25) is 9.69 Å². The number of anilines is 1. The summed E-state index contributed by atoms with van der Waals surface area (Å²) in [5, 5.41) is 0. The van der Waals surface area contributed by atoms with Crippen molar-refractivity contribution in [3.05, 3.63) is 29.8 Å². The number of nitrogens with zero attached hydrogens (tertiary/aromatic N) is 2. The van der Waals surface area contributed by atoms with Gasteiger partial charge in [-0.1, -0.05) is 45.9 Å². The minimum atomic E-state index is 0. The predicted molar refractivity (Wildman–Crippen MR) is 122 cm³/mol. The van der Waals surface area contributed by atoms with Crippen LogP contribution in [-0.2, 0) is 4.79 Å². The Morgan fingerprint density at radius 2 is 1.61 bits per heavy atom. The van der Waals surface area contributed by atoms with Crippen LogP contribution in [0.3, 0.4) is 0 Å². The van der Waals surface area contributed by atoms with Gasteiger partial charge in [0.15, 0.2) is 0 Å². The van der Waals surface area contributed by atoms with Gasteiger partial charge in [-0.25, -0.2) is 0 Å². The third kappa shape index (κ3) is 5.73. The first kappa shape index (κ1) is 23.2. The fourth-order valence-corrected chi connectivity index (χ4v) is 4.90.